The molecule has 1 atom stereocenters. The molecule has 11 heteroatoms. The Morgan fingerprint density at radius 3 is 2.69 bits per heavy atom. The van der Waals surface area contributed by atoms with Crippen molar-refractivity contribution in [3.8, 4) is 0 Å². The summed E-state index contributed by atoms with van der Waals surface area (Å²) in [6.45, 7) is 6.81. The van der Waals surface area contributed by atoms with Crippen molar-refractivity contribution in [3.63, 3.8) is 0 Å². The molecule has 0 saturated heterocycles. The number of nitro benzene ring substituents is 1. The summed E-state index contributed by atoms with van der Waals surface area (Å²) in [4.78, 5) is 31.2. The Labute approximate surface area is 168 Å². The number of sulfonamides is 1. The van der Waals surface area contributed by atoms with E-state index in [1.54, 1.807) is 13.8 Å². The Morgan fingerprint density at radius 1 is 1.48 bits per heavy atom. The van der Waals surface area contributed by atoms with Crippen LogP contribution in [0.5, 0.6) is 0 Å². The minimum atomic E-state index is -4.44. The van der Waals surface area contributed by atoms with Gasteiger partial charge in [-0.3, -0.25) is 24.7 Å². The molecule has 29 heavy (non-hydrogen) atoms. The lowest BCUT2D eigenvalue weighted by atomic mass is 9.93. The molecular formula is C18H22N4O6S. The van der Waals surface area contributed by atoms with Crippen LogP contribution in [0.3, 0.4) is 0 Å². The number of carbonyl (C=O) groups is 1. The summed E-state index contributed by atoms with van der Waals surface area (Å²) in [6.07, 6.45) is 2.88. The first-order chi connectivity index (χ1) is 13.6. The van der Waals surface area contributed by atoms with Gasteiger partial charge in [0.05, 0.1) is 24.1 Å². The van der Waals surface area contributed by atoms with Crippen LogP contribution < -0.4 is 5.73 Å². The SMILES string of the molecule is C=CCON(C1C=C(C(C)C)C(C(N)=O)=NC1)S(=O)(=O)c1ccccc1[N+](=O)[O-]. The zero-order valence-electron chi connectivity index (χ0n) is 16.0. The Kier molecular flexibility index (Phi) is 7.01. The van der Waals surface area contributed by atoms with Gasteiger partial charge in [0.15, 0.2) is 4.90 Å². The van der Waals surface area contributed by atoms with Crippen LogP contribution in [0, 0.1) is 16.0 Å². The van der Waals surface area contributed by atoms with E-state index in [1.807, 2.05) is 0 Å². The number of hydroxylamine groups is 1. The van der Waals surface area contributed by atoms with Crippen LogP contribution in [-0.4, -0.2) is 48.6 Å². The summed E-state index contributed by atoms with van der Waals surface area (Å²) >= 11 is 0. The van der Waals surface area contributed by atoms with Crippen molar-refractivity contribution in [1.82, 2.24) is 4.47 Å². The molecule has 1 unspecified atom stereocenters. The predicted octanol–water partition coefficient (Wildman–Crippen LogP) is 1.59. The first-order valence-electron chi connectivity index (χ1n) is 8.69. The molecular weight excluding hydrogens is 400 g/mol. The van der Waals surface area contributed by atoms with Gasteiger partial charge in [0, 0.05) is 6.07 Å². The number of benzene rings is 1. The van der Waals surface area contributed by atoms with Crippen LogP contribution in [-0.2, 0) is 19.7 Å². The quantitative estimate of drug-likeness (QED) is 0.363. The summed E-state index contributed by atoms with van der Waals surface area (Å²) < 4.78 is 27.2. The number of aliphatic imine (C=N–C) groups is 1. The van der Waals surface area contributed by atoms with Crippen molar-refractivity contribution in [3.05, 3.63) is 58.7 Å². The second-order valence-electron chi connectivity index (χ2n) is 6.47. The number of dihydropyridines is 1. The molecule has 1 heterocycles. The minimum absolute atomic E-state index is 0.0722. The van der Waals surface area contributed by atoms with Crippen LogP contribution >= 0.6 is 0 Å². The molecule has 0 bridgehead atoms. The number of amides is 1. The molecule has 0 spiro atoms. The van der Waals surface area contributed by atoms with E-state index in [4.69, 9.17) is 10.6 Å². The first kappa shape index (κ1) is 22.4. The summed E-state index contributed by atoms with van der Waals surface area (Å²) in [5.41, 5.74) is 5.33. The molecule has 0 saturated carbocycles. The van der Waals surface area contributed by atoms with E-state index < -0.39 is 37.5 Å². The summed E-state index contributed by atoms with van der Waals surface area (Å²) in [5, 5.41) is 11.3. The van der Waals surface area contributed by atoms with Crippen LogP contribution in [0.1, 0.15) is 13.8 Å². The second-order valence-corrected chi connectivity index (χ2v) is 8.22. The van der Waals surface area contributed by atoms with Gasteiger partial charge in [-0.05, 0) is 17.6 Å². The summed E-state index contributed by atoms with van der Waals surface area (Å²) in [7, 11) is -4.44. The zero-order chi connectivity index (χ0) is 21.8. The van der Waals surface area contributed by atoms with E-state index in [9.17, 15) is 23.3 Å². The van der Waals surface area contributed by atoms with E-state index in [0.29, 0.717) is 10.0 Å². The molecule has 2 rings (SSSR count). The number of nitro groups is 1. The van der Waals surface area contributed by atoms with E-state index in [1.165, 1.54) is 24.3 Å². The lowest BCUT2D eigenvalue weighted by molar-refractivity contribution is -0.387. The molecule has 0 fully saturated rings. The van der Waals surface area contributed by atoms with E-state index in [2.05, 4.69) is 11.6 Å². The van der Waals surface area contributed by atoms with Crippen molar-refractivity contribution < 1.29 is 23.0 Å². The number of primary amides is 1. The molecule has 1 aromatic rings. The van der Waals surface area contributed by atoms with Gasteiger partial charge in [-0.1, -0.05) is 42.6 Å². The Bertz CT molecular complexity index is 984. The number of rotatable bonds is 9. The molecule has 10 nitrogen and oxygen atoms in total. The molecule has 1 amide bonds. The summed E-state index contributed by atoms with van der Waals surface area (Å²) in [6, 6.07) is 4.04. The normalized spacial score (nSPS) is 17.0. The minimum Gasteiger partial charge on any atom is -0.364 e. The lowest BCUT2D eigenvalue weighted by Gasteiger charge is -2.30. The zero-order valence-corrected chi connectivity index (χ0v) is 16.8. The lowest BCUT2D eigenvalue weighted by Crippen LogP contribution is -2.44. The van der Waals surface area contributed by atoms with Crippen LogP contribution in [0.15, 0.2) is 58.5 Å². The molecule has 0 radical (unpaired) electrons. The highest BCUT2D eigenvalue weighted by Gasteiger charge is 2.38. The maximum atomic E-state index is 13.2. The molecule has 1 aliphatic rings. The molecule has 0 aromatic heterocycles. The third-order valence-corrected chi connectivity index (χ3v) is 5.86. The Hall–Kier alpha value is -2.89. The highest BCUT2D eigenvalue weighted by molar-refractivity contribution is 7.89. The third-order valence-electron chi connectivity index (χ3n) is 4.10. The van der Waals surface area contributed by atoms with Crippen molar-refractivity contribution in [2.45, 2.75) is 24.8 Å². The number of hydrogen-bond donors (Lipinski definition) is 1. The standard InChI is InChI=1S/C18H22N4O6S/c1-4-9-28-22(13-10-14(12(2)3)17(18(19)23)20-11-13)29(26,27)16-8-6-5-7-15(16)21(24)25/h4-8,10,12-13H,1,9,11H2,2-3H3,(H2,19,23). The average molecular weight is 422 g/mol. The van der Waals surface area contributed by atoms with Crippen LogP contribution in [0.2, 0.25) is 0 Å². The fraction of sp³-hybridized carbons (Fsp3) is 0.333. The van der Waals surface area contributed by atoms with E-state index >= 15 is 0 Å². The maximum absolute atomic E-state index is 13.2. The van der Waals surface area contributed by atoms with Gasteiger partial charge in [0.25, 0.3) is 21.6 Å². The van der Waals surface area contributed by atoms with E-state index in [-0.39, 0.29) is 24.8 Å². The maximum Gasteiger partial charge on any atom is 0.289 e. The van der Waals surface area contributed by atoms with Gasteiger partial charge in [-0.15, -0.1) is 6.58 Å². The molecule has 1 aliphatic heterocycles. The largest absolute Gasteiger partial charge is 0.364 e. The van der Waals surface area contributed by atoms with Gasteiger partial charge in [0.2, 0.25) is 0 Å². The van der Waals surface area contributed by atoms with Gasteiger partial charge >= 0.3 is 0 Å². The van der Waals surface area contributed by atoms with Gasteiger partial charge in [0.1, 0.15) is 5.71 Å². The van der Waals surface area contributed by atoms with Crippen molar-refractivity contribution >= 4 is 27.3 Å². The number of hydrogen-bond acceptors (Lipinski definition) is 7. The topological polar surface area (TPSA) is 145 Å². The monoisotopic (exact) mass is 422 g/mol. The van der Waals surface area contributed by atoms with Crippen LogP contribution in [0.4, 0.5) is 5.69 Å². The fourth-order valence-corrected chi connectivity index (χ4v) is 4.36. The molecule has 2 N–H and O–H groups in total. The van der Waals surface area contributed by atoms with Crippen molar-refractivity contribution in [2.24, 2.45) is 16.6 Å². The highest BCUT2D eigenvalue weighted by Crippen LogP contribution is 2.30. The van der Waals surface area contributed by atoms with Gasteiger partial charge < -0.3 is 5.73 Å². The fourth-order valence-electron chi connectivity index (χ4n) is 2.82. The van der Waals surface area contributed by atoms with Crippen LogP contribution in [0.25, 0.3) is 0 Å². The number of nitrogens with zero attached hydrogens (tertiary/aromatic N) is 3. The number of carbonyl (C=O) groups excluding carboxylic acids is 1. The van der Waals surface area contributed by atoms with Crippen molar-refractivity contribution in [1.29, 1.82) is 0 Å². The second kappa shape index (κ2) is 9.07. The Morgan fingerprint density at radius 2 is 2.14 bits per heavy atom. The van der Waals surface area contributed by atoms with E-state index in [0.717, 1.165) is 12.1 Å². The molecule has 156 valence electrons. The Balaban J connectivity index is 2.57. The highest BCUT2D eigenvalue weighted by atomic mass is 32.2. The van der Waals surface area contributed by atoms with Crippen molar-refractivity contribution in [2.75, 3.05) is 13.2 Å². The average Bonchev–Trinajstić information content (AvgIpc) is 2.67. The summed E-state index contributed by atoms with van der Waals surface area (Å²) in [5.74, 6) is -0.886. The number of nitrogens with two attached hydrogens (primary N) is 1. The van der Waals surface area contributed by atoms with Gasteiger partial charge in [-0.2, -0.15) is 0 Å². The van der Waals surface area contributed by atoms with Gasteiger partial charge in [-0.25, -0.2) is 8.42 Å². The first-order valence-corrected chi connectivity index (χ1v) is 10.1. The smallest absolute Gasteiger partial charge is 0.289 e. The third kappa shape index (κ3) is 4.75. The molecule has 0 aliphatic carbocycles. The number of para-hydroxylation sites is 1. The predicted molar refractivity (Wildman–Crippen MR) is 106 cm³/mol. The molecule has 1 aromatic carbocycles.